The zero-order valence-corrected chi connectivity index (χ0v) is 8.99. The number of carbonyl (C=O) groups is 1. The second-order valence-electron chi connectivity index (χ2n) is 3.79. The Morgan fingerprint density at radius 3 is 2.29 bits per heavy atom. The highest BCUT2D eigenvalue weighted by molar-refractivity contribution is 5.85. The first-order chi connectivity index (χ1) is 6.45. The molecule has 0 amide bonds. The van der Waals surface area contributed by atoms with Gasteiger partial charge < -0.3 is 17.2 Å². The smallest absolute Gasteiger partial charge is 0.152 e. The summed E-state index contributed by atoms with van der Waals surface area (Å²) in [6.07, 6.45) is 0.994. The van der Waals surface area contributed by atoms with Gasteiger partial charge in [0, 0.05) is 5.92 Å². The molecule has 0 aromatic rings. The fourth-order valence-electron chi connectivity index (χ4n) is 1.16. The van der Waals surface area contributed by atoms with E-state index < -0.39 is 6.29 Å². The molecule has 0 rings (SSSR count). The maximum absolute atomic E-state index is 11.4. The third-order valence-electron chi connectivity index (χ3n) is 2.01. The van der Waals surface area contributed by atoms with Crippen LogP contribution in [0.15, 0.2) is 0 Å². The van der Waals surface area contributed by atoms with Crippen LogP contribution in [0.25, 0.3) is 0 Å². The van der Waals surface area contributed by atoms with Crippen LogP contribution in [0.3, 0.4) is 0 Å². The minimum atomic E-state index is -0.493. The van der Waals surface area contributed by atoms with E-state index in [-0.39, 0.29) is 17.7 Å². The van der Waals surface area contributed by atoms with Crippen LogP contribution in [-0.4, -0.2) is 24.7 Å². The topological polar surface area (TPSA) is 107 Å². The molecule has 0 aliphatic carbocycles. The molecule has 0 radical (unpaired) electrons. The molecule has 0 aliphatic rings. The van der Waals surface area contributed by atoms with Gasteiger partial charge in [-0.3, -0.25) is 10.1 Å². The summed E-state index contributed by atoms with van der Waals surface area (Å²) in [7, 11) is 0. The van der Waals surface area contributed by atoms with Gasteiger partial charge in [0.15, 0.2) is 5.78 Å². The van der Waals surface area contributed by atoms with Crippen molar-refractivity contribution in [1.82, 2.24) is 5.32 Å². The molecule has 0 spiro atoms. The maximum Gasteiger partial charge on any atom is 0.152 e. The van der Waals surface area contributed by atoms with E-state index in [2.05, 4.69) is 5.32 Å². The van der Waals surface area contributed by atoms with Crippen molar-refractivity contribution < 1.29 is 4.79 Å². The normalized spacial score (nSPS) is 13.6. The molecule has 5 heteroatoms. The van der Waals surface area contributed by atoms with Gasteiger partial charge in [-0.05, 0) is 19.4 Å². The summed E-state index contributed by atoms with van der Waals surface area (Å²) in [6.45, 7) is 4.41. The summed E-state index contributed by atoms with van der Waals surface area (Å²) in [5.41, 5.74) is 16.3. The van der Waals surface area contributed by atoms with E-state index in [1.165, 1.54) is 0 Å². The zero-order chi connectivity index (χ0) is 11.1. The molecule has 0 saturated carbocycles. The lowest BCUT2D eigenvalue weighted by molar-refractivity contribution is -0.123. The lowest BCUT2D eigenvalue weighted by Crippen LogP contribution is -2.45. The average Bonchev–Trinajstić information content (AvgIpc) is 2.10. The second kappa shape index (κ2) is 6.89. The number of hydrogen-bond acceptors (Lipinski definition) is 5. The summed E-state index contributed by atoms with van der Waals surface area (Å²) in [5.74, 6) is 0.122. The second-order valence-corrected chi connectivity index (χ2v) is 3.79. The number of nitrogens with one attached hydrogen (secondary N) is 1. The van der Waals surface area contributed by atoms with Crippen LogP contribution in [0.1, 0.15) is 26.7 Å². The van der Waals surface area contributed by atoms with Gasteiger partial charge in [0.1, 0.15) is 6.29 Å². The van der Waals surface area contributed by atoms with Crippen molar-refractivity contribution in [3.8, 4) is 0 Å². The van der Waals surface area contributed by atoms with Gasteiger partial charge in [-0.15, -0.1) is 0 Å². The lowest BCUT2D eigenvalue weighted by atomic mass is 9.99. The molecule has 0 bridgehead atoms. The van der Waals surface area contributed by atoms with Crippen molar-refractivity contribution in [2.24, 2.45) is 23.1 Å². The van der Waals surface area contributed by atoms with Crippen molar-refractivity contribution in [2.75, 3.05) is 6.54 Å². The minimum absolute atomic E-state index is 0.00900. The Kier molecular flexibility index (Phi) is 6.65. The molecule has 0 aliphatic heterocycles. The highest BCUT2D eigenvalue weighted by Gasteiger charge is 2.15. The van der Waals surface area contributed by atoms with Crippen molar-refractivity contribution in [3.05, 3.63) is 0 Å². The standard InChI is InChI=1S/C9H22N4O/c1-6(2)8(14)7(10)4-3-5-13-9(11)12/h6-7,9,13H,3-5,10-12H2,1-2H3. The summed E-state index contributed by atoms with van der Waals surface area (Å²) in [5, 5.41) is 2.86. The monoisotopic (exact) mass is 202 g/mol. The molecule has 0 saturated heterocycles. The van der Waals surface area contributed by atoms with Crippen LogP contribution in [0.2, 0.25) is 0 Å². The van der Waals surface area contributed by atoms with E-state index in [0.717, 1.165) is 6.42 Å². The predicted molar refractivity (Wildman–Crippen MR) is 57.2 cm³/mol. The number of rotatable bonds is 7. The van der Waals surface area contributed by atoms with Crippen molar-refractivity contribution in [1.29, 1.82) is 0 Å². The Labute approximate surface area is 85.4 Å². The first-order valence-electron chi connectivity index (χ1n) is 4.99. The fraction of sp³-hybridized carbons (Fsp3) is 0.889. The molecule has 0 aromatic carbocycles. The van der Waals surface area contributed by atoms with Crippen LogP contribution in [0, 0.1) is 5.92 Å². The molecule has 14 heavy (non-hydrogen) atoms. The van der Waals surface area contributed by atoms with Crippen LogP contribution >= 0.6 is 0 Å². The SMILES string of the molecule is CC(C)C(=O)C(N)CCCNC(N)N. The Hall–Kier alpha value is -0.490. The Bertz CT molecular complexity index is 170. The molecule has 0 heterocycles. The van der Waals surface area contributed by atoms with Gasteiger partial charge in [-0.2, -0.15) is 0 Å². The van der Waals surface area contributed by atoms with Gasteiger partial charge in [-0.25, -0.2) is 0 Å². The average molecular weight is 202 g/mol. The van der Waals surface area contributed by atoms with Gasteiger partial charge >= 0.3 is 0 Å². The molecular weight excluding hydrogens is 180 g/mol. The zero-order valence-electron chi connectivity index (χ0n) is 8.99. The fourth-order valence-corrected chi connectivity index (χ4v) is 1.16. The third kappa shape index (κ3) is 6.04. The first kappa shape index (κ1) is 13.5. The van der Waals surface area contributed by atoms with E-state index >= 15 is 0 Å². The summed E-state index contributed by atoms with van der Waals surface area (Å²) >= 11 is 0. The molecular formula is C9H22N4O. The van der Waals surface area contributed by atoms with Crippen molar-refractivity contribution in [2.45, 2.75) is 39.0 Å². The Morgan fingerprint density at radius 2 is 1.86 bits per heavy atom. The third-order valence-corrected chi connectivity index (χ3v) is 2.01. The molecule has 0 fully saturated rings. The number of nitrogens with two attached hydrogens (primary N) is 3. The summed E-state index contributed by atoms with van der Waals surface area (Å²) < 4.78 is 0. The number of hydrogen-bond donors (Lipinski definition) is 4. The molecule has 84 valence electrons. The van der Waals surface area contributed by atoms with Crippen LogP contribution in [0.4, 0.5) is 0 Å². The highest BCUT2D eigenvalue weighted by Crippen LogP contribution is 2.02. The summed E-state index contributed by atoms with van der Waals surface area (Å²) in [6, 6.07) is -0.356. The summed E-state index contributed by atoms with van der Waals surface area (Å²) in [4.78, 5) is 11.4. The number of Topliss-reactive ketones (excluding diaryl/α,β-unsaturated/α-hetero) is 1. The lowest BCUT2D eigenvalue weighted by Gasteiger charge is -2.13. The Balaban J connectivity index is 3.54. The van der Waals surface area contributed by atoms with E-state index in [4.69, 9.17) is 17.2 Å². The van der Waals surface area contributed by atoms with Gasteiger partial charge in [0.25, 0.3) is 0 Å². The van der Waals surface area contributed by atoms with Crippen molar-refractivity contribution >= 4 is 5.78 Å². The largest absolute Gasteiger partial charge is 0.321 e. The molecule has 5 nitrogen and oxygen atoms in total. The van der Waals surface area contributed by atoms with Gasteiger partial charge in [0.2, 0.25) is 0 Å². The Morgan fingerprint density at radius 1 is 1.29 bits per heavy atom. The van der Waals surface area contributed by atoms with Crippen LogP contribution in [0.5, 0.6) is 0 Å². The quantitative estimate of drug-likeness (QED) is 0.316. The first-order valence-corrected chi connectivity index (χ1v) is 4.99. The van der Waals surface area contributed by atoms with E-state index in [1.54, 1.807) is 0 Å². The number of ketones is 1. The predicted octanol–water partition coefficient (Wildman–Crippen LogP) is -0.890. The molecule has 0 aromatic heterocycles. The maximum atomic E-state index is 11.4. The van der Waals surface area contributed by atoms with Crippen LogP contribution in [-0.2, 0) is 4.79 Å². The molecule has 7 N–H and O–H groups in total. The van der Waals surface area contributed by atoms with Gasteiger partial charge in [0.05, 0.1) is 6.04 Å². The molecule has 1 atom stereocenters. The van der Waals surface area contributed by atoms with Gasteiger partial charge in [-0.1, -0.05) is 13.8 Å². The number of carbonyl (C=O) groups excluding carboxylic acids is 1. The highest BCUT2D eigenvalue weighted by atomic mass is 16.1. The van der Waals surface area contributed by atoms with E-state index in [0.29, 0.717) is 13.0 Å². The van der Waals surface area contributed by atoms with E-state index in [9.17, 15) is 4.79 Å². The molecule has 1 unspecified atom stereocenters. The van der Waals surface area contributed by atoms with Crippen LogP contribution < -0.4 is 22.5 Å². The minimum Gasteiger partial charge on any atom is -0.321 e. The van der Waals surface area contributed by atoms with E-state index in [1.807, 2.05) is 13.8 Å². The van der Waals surface area contributed by atoms with Crippen molar-refractivity contribution in [3.63, 3.8) is 0 Å².